The number of rotatable bonds is 5. The Hall–Kier alpha value is -3.60. The second-order valence-electron chi connectivity index (χ2n) is 6.58. The van der Waals surface area contributed by atoms with Crippen molar-refractivity contribution in [1.29, 1.82) is 0 Å². The van der Waals surface area contributed by atoms with Gasteiger partial charge in [0.15, 0.2) is 5.65 Å². The van der Waals surface area contributed by atoms with Gasteiger partial charge in [0.2, 0.25) is 0 Å². The van der Waals surface area contributed by atoms with Gasteiger partial charge in [-0.05, 0) is 42.5 Å². The highest BCUT2D eigenvalue weighted by Crippen LogP contribution is 2.31. The summed E-state index contributed by atoms with van der Waals surface area (Å²) in [5, 5.41) is 1.03. The number of fused-ring (bicyclic) bond motifs is 4. The number of hydrogen-bond donors (Lipinski definition) is 0. The van der Waals surface area contributed by atoms with E-state index < -0.39 is 0 Å². The lowest BCUT2D eigenvalue weighted by Gasteiger charge is -2.09. The summed E-state index contributed by atoms with van der Waals surface area (Å²) in [7, 11) is 1.68. The molecule has 0 aliphatic rings. The van der Waals surface area contributed by atoms with E-state index in [2.05, 4.69) is 10.6 Å². The molecule has 28 heavy (non-hydrogen) atoms. The number of hydrogen-bond acceptors (Lipinski definition) is 4. The SMILES string of the molecule is COc1ccc2c(c1)c1nc3ccccc3nc1n2CCOc1ccccc1. The third-order valence-corrected chi connectivity index (χ3v) is 4.88. The lowest BCUT2D eigenvalue weighted by Crippen LogP contribution is -2.08. The Morgan fingerprint density at radius 1 is 0.821 bits per heavy atom. The lowest BCUT2D eigenvalue weighted by atomic mass is 10.2. The molecule has 3 aromatic carbocycles. The minimum atomic E-state index is 0.545. The second kappa shape index (κ2) is 6.85. The van der Waals surface area contributed by atoms with Crippen LogP contribution in [0.3, 0.4) is 0 Å². The Morgan fingerprint density at radius 3 is 2.36 bits per heavy atom. The zero-order valence-electron chi connectivity index (χ0n) is 15.5. The van der Waals surface area contributed by atoms with Crippen LogP contribution in [0.1, 0.15) is 0 Å². The van der Waals surface area contributed by atoms with Crippen molar-refractivity contribution in [3.63, 3.8) is 0 Å². The first kappa shape index (κ1) is 16.6. The van der Waals surface area contributed by atoms with Gasteiger partial charge in [-0.1, -0.05) is 30.3 Å². The first-order valence-corrected chi connectivity index (χ1v) is 9.24. The summed E-state index contributed by atoms with van der Waals surface area (Å²) in [4.78, 5) is 9.79. The molecular formula is C23H19N3O2. The van der Waals surface area contributed by atoms with Crippen LogP contribution in [-0.4, -0.2) is 28.3 Å². The first-order chi connectivity index (χ1) is 13.8. The molecule has 5 rings (SSSR count). The average molecular weight is 369 g/mol. The van der Waals surface area contributed by atoms with Gasteiger partial charge in [0, 0.05) is 5.39 Å². The number of benzene rings is 3. The van der Waals surface area contributed by atoms with Gasteiger partial charge in [-0.3, -0.25) is 0 Å². The summed E-state index contributed by atoms with van der Waals surface area (Å²) in [6.45, 7) is 1.22. The molecule has 2 aromatic heterocycles. The largest absolute Gasteiger partial charge is 0.497 e. The number of ether oxygens (including phenoxy) is 2. The van der Waals surface area contributed by atoms with E-state index in [-0.39, 0.29) is 0 Å². The Bertz CT molecular complexity index is 1280. The topological polar surface area (TPSA) is 49.2 Å². The average Bonchev–Trinajstić information content (AvgIpc) is 3.05. The van der Waals surface area contributed by atoms with Crippen LogP contribution in [0.5, 0.6) is 11.5 Å². The first-order valence-electron chi connectivity index (χ1n) is 9.24. The molecular weight excluding hydrogens is 350 g/mol. The van der Waals surface area contributed by atoms with Crippen molar-refractivity contribution >= 4 is 33.1 Å². The molecule has 5 heteroatoms. The highest BCUT2D eigenvalue weighted by Gasteiger charge is 2.15. The maximum Gasteiger partial charge on any atom is 0.160 e. The molecule has 2 heterocycles. The smallest absolute Gasteiger partial charge is 0.160 e. The summed E-state index contributed by atoms with van der Waals surface area (Å²) in [6, 6.07) is 23.8. The van der Waals surface area contributed by atoms with Crippen LogP contribution in [0, 0.1) is 0 Å². The van der Waals surface area contributed by atoms with Crippen molar-refractivity contribution in [3.8, 4) is 11.5 Å². The molecule has 0 fully saturated rings. The molecule has 0 unspecified atom stereocenters. The van der Waals surface area contributed by atoms with Gasteiger partial charge in [-0.25, -0.2) is 9.97 Å². The zero-order valence-corrected chi connectivity index (χ0v) is 15.5. The summed E-state index contributed by atoms with van der Waals surface area (Å²) < 4.78 is 13.5. The van der Waals surface area contributed by atoms with Crippen LogP contribution in [0.2, 0.25) is 0 Å². The molecule has 0 saturated carbocycles. The fraction of sp³-hybridized carbons (Fsp3) is 0.130. The highest BCUT2D eigenvalue weighted by molar-refractivity contribution is 6.06. The lowest BCUT2D eigenvalue weighted by molar-refractivity contribution is 0.302. The molecule has 0 radical (unpaired) electrons. The summed E-state index contributed by atoms with van der Waals surface area (Å²) in [5.41, 5.74) is 4.58. The van der Waals surface area contributed by atoms with Crippen molar-refractivity contribution < 1.29 is 9.47 Å². The standard InChI is InChI=1S/C23H19N3O2/c1-27-17-11-12-21-18(15-17)22-23(25-20-10-6-5-9-19(20)24-22)26(21)13-14-28-16-7-3-2-4-8-16/h2-12,15H,13-14H2,1H3. The van der Waals surface area contributed by atoms with Crippen molar-refractivity contribution in [2.45, 2.75) is 6.54 Å². The van der Waals surface area contributed by atoms with Gasteiger partial charge in [-0.2, -0.15) is 0 Å². The third-order valence-electron chi connectivity index (χ3n) is 4.88. The number of nitrogens with zero attached hydrogens (tertiary/aromatic N) is 3. The monoisotopic (exact) mass is 369 g/mol. The van der Waals surface area contributed by atoms with Gasteiger partial charge >= 0.3 is 0 Å². The predicted octanol–water partition coefficient (Wildman–Crippen LogP) is 4.83. The molecule has 138 valence electrons. The number of para-hydroxylation sites is 3. The summed E-state index contributed by atoms with van der Waals surface area (Å²) >= 11 is 0. The molecule has 0 saturated heterocycles. The van der Waals surface area contributed by atoms with Crippen LogP contribution in [0.15, 0.2) is 72.8 Å². The van der Waals surface area contributed by atoms with E-state index in [0.29, 0.717) is 13.2 Å². The summed E-state index contributed by atoms with van der Waals surface area (Å²) in [6.07, 6.45) is 0. The van der Waals surface area contributed by atoms with Crippen molar-refractivity contribution in [2.75, 3.05) is 13.7 Å². The van der Waals surface area contributed by atoms with Gasteiger partial charge in [0.25, 0.3) is 0 Å². The predicted molar refractivity (Wildman–Crippen MR) is 111 cm³/mol. The van der Waals surface area contributed by atoms with Crippen LogP contribution in [-0.2, 0) is 6.54 Å². The fourth-order valence-electron chi connectivity index (χ4n) is 3.54. The minimum absolute atomic E-state index is 0.545. The van der Waals surface area contributed by atoms with E-state index >= 15 is 0 Å². The normalized spacial score (nSPS) is 11.3. The molecule has 0 N–H and O–H groups in total. The van der Waals surface area contributed by atoms with Gasteiger partial charge in [-0.15, -0.1) is 0 Å². The molecule has 0 aliphatic carbocycles. The Balaban J connectivity index is 1.63. The maximum absolute atomic E-state index is 5.92. The summed E-state index contributed by atoms with van der Waals surface area (Å²) in [5.74, 6) is 1.67. The van der Waals surface area contributed by atoms with Gasteiger partial charge < -0.3 is 14.0 Å². The van der Waals surface area contributed by atoms with E-state index in [4.69, 9.17) is 19.4 Å². The van der Waals surface area contributed by atoms with Crippen molar-refractivity contribution in [1.82, 2.24) is 14.5 Å². The van der Waals surface area contributed by atoms with E-state index in [0.717, 1.165) is 44.6 Å². The molecule has 0 atom stereocenters. The third kappa shape index (κ3) is 2.81. The molecule has 0 bridgehead atoms. The Morgan fingerprint density at radius 2 is 1.57 bits per heavy atom. The van der Waals surface area contributed by atoms with Crippen LogP contribution in [0.25, 0.3) is 33.1 Å². The molecule has 5 nitrogen and oxygen atoms in total. The minimum Gasteiger partial charge on any atom is -0.497 e. The Labute approximate surface area is 162 Å². The van der Waals surface area contributed by atoms with Crippen LogP contribution < -0.4 is 9.47 Å². The number of methoxy groups -OCH3 is 1. The van der Waals surface area contributed by atoms with Gasteiger partial charge in [0.05, 0.1) is 30.2 Å². The van der Waals surface area contributed by atoms with E-state index in [1.165, 1.54) is 0 Å². The zero-order chi connectivity index (χ0) is 18.9. The fourth-order valence-corrected chi connectivity index (χ4v) is 3.54. The van der Waals surface area contributed by atoms with E-state index in [9.17, 15) is 0 Å². The second-order valence-corrected chi connectivity index (χ2v) is 6.58. The van der Waals surface area contributed by atoms with Crippen LogP contribution >= 0.6 is 0 Å². The molecule has 0 amide bonds. The Kier molecular flexibility index (Phi) is 4.05. The van der Waals surface area contributed by atoms with Crippen molar-refractivity contribution in [3.05, 3.63) is 72.8 Å². The van der Waals surface area contributed by atoms with Crippen LogP contribution in [0.4, 0.5) is 0 Å². The maximum atomic E-state index is 5.92. The molecule has 0 aliphatic heterocycles. The van der Waals surface area contributed by atoms with Crippen molar-refractivity contribution in [2.24, 2.45) is 0 Å². The quantitative estimate of drug-likeness (QED) is 0.445. The molecule has 5 aromatic rings. The van der Waals surface area contributed by atoms with E-state index in [1.54, 1.807) is 7.11 Å². The number of aromatic nitrogens is 3. The van der Waals surface area contributed by atoms with Gasteiger partial charge in [0.1, 0.15) is 23.6 Å². The highest BCUT2D eigenvalue weighted by atomic mass is 16.5. The molecule has 0 spiro atoms. The van der Waals surface area contributed by atoms with E-state index in [1.807, 2.05) is 66.7 Å².